The number of aromatic nitrogens is 1. The van der Waals surface area contributed by atoms with Crippen LogP contribution in [0.1, 0.15) is 99.3 Å². The largest absolute Gasteiger partial charge is 0.494 e. The van der Waals surface area contributed by atoms with Crippen molar-refractivity contribution in [1.29, 1.82) is 0 Å². The Labute approximate surface area is 358 Å². The van der Waals surface area contributed by atoms with Crippen molar-refractivity contribution in [2.75, 3.05) is 13.2 Å². The van der Waals surface area contributed by atoms with Gasteiger partial charge in [0, 0.05) is 18.2 Å². The van der Waals surface area contributed by atoms with E-state index in [-0.39, 0.29) is 41.2 Å². The number of ether oxygens (including phenoxy) is 3. The second-order valence-corrected chi connectivity index (χ2v) is 20.7. The summed E-state index contributed by atoms with van der Waals surface area (Å²) in [6.45, 7) is 8.68. The molecule has 0 radical (unpaired) electrons. The molecular formula is C42H52Cl2F3N3O9S. The van der Waals surface area contributed by atoms with E-state index in [2.05, 4.69) is 9.71 Å². The van der Waals surface area contributed by atoms with Crippen molar-refractivity contribution in [3.05, 3.63) is 40.5 Å². The second kappa shape index (κ2) is 16.9. The first-order valence-corrected chi connectivity index (χ1v) is 22.6. The van der Waals surface area contributed by atoms with Crippen molar-refractivity contribution in [2.24, 2.45) is 29.1 Å². The van der Waals surface area contributed by atoms with Crippen molar-refractivity contribution in [3.8, 4) is 11.5 Å². The molecule has 2 aliphatic heterocycles. The fourth-order valence-corrected chi connectivity index (χ4v) is 10.2. The van der Waals surface area contributed by atoms with Crippen LogP contribution < -0.4 is 14.2 Å². The highest BCUT2D eigenvalue weighted by Gasteiger charge is 2.63. The van der Waals surface area contributed by atoms with Crippen LogP contribution in [-0.4, -0.2) is 83.7 Å². The van der Waals surface area contributed by atoms with Crippen LogP contribution in [-0.2, 0) is 33.9 Å². The number of hydrogen-bond acceptors (Lipinski definition) is 10. The zero-order chi connectivity index (χ0) is 44.2. The Morgan fingerprint density at radius 2 is 1.80 bits per heavy atom. The Morgan fingerprint density at radius 3 is 2.45 bits per heavy atom. The van der Waals surface area contributed by atoms with Crippen LogP contribution in [0.2, 0.25) is 10.2 Å². The second-order valence-electron chi connectivity index (χ2n) is 17.8. The summed E-state index contributed by atoms with van der Waals surface area (Å²) in [5, 5.41) is 0.460. The van der Waals surface area contributed by atoms with Gasteiger partial charge in [0.2, 0.25) is 27.4 Å². The van der Waals surface area contributed by atoms with Gasteiger partial charge in [-0.1, -0.05) is 49.2 Å². The molecule has 1 aromatic carbocycles. The van der Waals surface area contributed by atoms with Crippen LogP contribution in [0.3, 0.4) is 0 Å². The molecule has 4 aliphatic rings. The number of benzene rings is 1. The number of amides is 2. The van der Waals surface area contributed by atoms with Crippen LogP contribution in [0.15, 0.2) is 30.4 Å². The summed E-state index contributed by atoms with van der Waals surface area (Å²) in [5.41, 5.74) is -3.80. The SMILES string of the molecule is CCOc1ccc2nc(Cl)c(O[C@@H]3C[C@H]4C(=O)C[C@]5(C(=O)NS(=O)(=O)C6(C)CC6)C[C@H]5/C=C\CC[C@@H](C)C[C@@H](C)[C@H](CC(=O)OC(C)(C)C(F)(F)F)C(=O)N4C3)c(Cl)c2c1. The molecule has 0 bridgehead atoms. The predicted molar refractivity (Wildman–Crippen MR) is 218 cm³/mol. The number of Topliss-reactive ketones (excluding diaryl/α,β-unsaturated/α-hetero) is 1. The molecule has 1 aromatic heterocycles. The highest BCUT2D eigenvalue weighted by atomic mass is 35.5. The van der Waals surface area contributed by atoms with Gasteiger partial charge in [0.15, 0.2) is 16.7 Å². The van der Waals surface area contributed by atoms with Gasteiger partial charge >= 0.3 is 12.1 Å². The van der Waals surface area contributed by atoms with Gasteiger partial charge in [0.1, 0.15) is 11.9 Å². The number of hydrogen-bond donors (Lipinski definition) is 1. The average Bonchev–Trinajstić information content (AvgIpc) is 4.03. The van der Waals surface area contributed by atoms with Gasteiger partial charge in [-0.15, -0.1) is 0 Å². The normalized spacial score (nSPS) is 29.1. The smallest absolute Gasteiger partial charge is 0.427 e. The van der Waals surface area contributed by atoms with Gasteiger partial charge in [-0.3, -0.25) is 23.9 Å². The molecule has 2 aromatic rings. The van der Waals surface area contributed by atoms with Crippen LogP contribution in [0.5, 0.6) is 11.5 Å². The number of pyridine rings is 1. The minimum Gasteiger partial charge on any atom is -0.494 e. The number of carbonyl (C=O) groups excluding carboxylic acids is 4. The van der Waals surface area contributed by atoms with Crippen LogP contribution in [0.4, 0.5) is 13.2 Å². The van der Waals surface area contributed by atoms with Gasteiger partial charge in [-0.25, -0.2) is 13.4 Å². The molecule has 60 heavy (non-hydrogen) atoms. The third-order valence-electron chi connectivity index (χ3n) is 12.6. The lowest BCUT2D eigenvalue weighted by Crippen LogP contribution is -2.48. The Balaban J connectivity index is 1.37. The molecule has 7 atom stereocenters. The highest BCUT2D eigenvalue weighted by Crippen LogP contribution is 2.58. The van der Waals surface area contributed by atoms with E-state index < -0.39 is 98.3 Å². The van der Waals surface area contributed by atoms with Crippen molar-refractivity contribution in [2.45, 2.75) is 128 Å². The number of carbonyl (C=O) groups is 4. The summed E-state index contributed by atoms with van der Waals surface area (Å²) in [6, 6.07) is 3.81. The molecular weight excluding hydrogens is 850 g/mol. The van der Waals surface area contributed by atoms with E-state index in [9.17, 15) is 40.8 Å². The third kappa shape index (κ3) is 9.40. The van der Waals surface area contributed by atoms with Crippen LogP contribution in [0, 0.1) is 29.1 Å². The molecule has 2 aliphatic carbocycles. The first-order chi connectivity index (χ1) is 27.9. The zero-order valence-corrected chi connectivity index (χ0v) is 36.8. The maximum Gasteiger partial charge on any atom is 0.427 e. The molecule has 330 valence electrons. The summed E-state index contributed by atoms with van der Waals surface area (Å²) in [4.78, 5) is 62.5. The van der Waals surface area contributed by atoms with Crippen LogP contribution >= 0.6 is 23.2 Å². The topological polar surface area (TPSA) is 158 Å². The van der Waals surface area contributed by atoms with E-state index >= 15 is 0 Å². The lowest BCUT2D eigenvalue weighted by Gasteiger charge is -2.33. The molecule has 3 fully saturated rings. The number of halogens is 5. The quantitative estimate of drug-likeness (QED) is 0.140. The number of allylic oxidation sites excluding steroid dienone is 2. The Morgan fingerprint density at radius 1 is 1.10 bits per heavy atom. The monoisotopic (exact) mass is 901 g/mol. The van der Waals surface area contributed by atoms with E-state index in [4.69, 9.17) is 37.4 Å². The van der Waals surface area contributed by atoms with E-state index in [0.717, 1.165) is 13.8 Å². The number of nitrogens with one attached hydrogen (secondary N) is 1. The van der Waals surface area contributed by atoms with Crippen LogP contribution in [0.25, 0.3) is 10.9 Å². The molecule has 12 nitrogen and oxygen atoms in total. The molecule has 2 saturated carbocycles. The molecule has 6 rings (SSSR count). The summed E-state index contributed by atoms with van der Waals surface area (Å²) in [6.07, 6.45) is -0.727. The van der Waals surface area contributed by atoms with Gasteiger partial charge in [0.05, 0.1) is 52.2 Å². The minimum absolute atomic E-state index is 0.00980. The molecule has 1 N–H and O–H groups in total. The maximum atomic E-state index is 14.9. The molecule has 1 saturated heterocycles. The number of fused-ring (bicyclic) bond motifs is 3. The van der Waals surface area contributed by atoms with E-state index in [1.54, 1.807) is 32.0 Å². The number of rotatable bonds is 10. The average molecular weight is 903 g/mol. The summed E-state index contributed by atoms with van der Waals surface area (Å²) >= 11 is 13.5. The van der Waals surface area contributed by atoms with Crippen molar-refractivity contribution in [3.63, 3.8) is 0 Å². The number of nitrogens with zero attached hydrogens (tertiary/aromatic N) is 2. The number of alkyl halides is 3. The molecule has 3 heterocycles. The molecule has 0 spiro atoms. The zero-order valence-electron chi connectivity index (χ0n) is 34.5. The summed E-state index contributed by atoms with van der Waals surface area (Å²) < 4.78 is 85.9. The molecule has 2 amide bonds. The lowest BCUT2D eigenvalue weighted by atomic mass is 9.82. The first kappa shape index (κ1) is 45.9. The number of sulfonamides is 1. The van der Waals surface area contributed by atoms with Gasteiger partial charge < -0.3 is 19.1 Å². The molecule has 18 heteroatoms. The fraction of sp³-hybridized carbons (Fsp3) is 0.643. The first-order valence-electron chi connectivity index (χ1n) is 20.4. The Kier molecular flexibility index (Phi) is 12.9. The van der Waals surface area contributed by atoms with Gasteiger partial charge in [-0.05, 0) is 102 Å². The number of esters is 1. The van der Waals surface area contributed by atoms with Crippen molar-refractivity contribution in [1.82, 2.24) is 14.6 Å². The van der Waals surface area contributed by atoms with E-state index in [0.29, 0.717) is 55.4 Å². The lowest BCUT2D eigenvalue weighted by molar-refractivity contribution is -0.257. The van der Waals surface area contributed by atoms with E-state index in [1.807, 2.05) is 26.0 Å². The predicted octanol–water partition coefficient (Wildman–Crippen LogP) is 8.16. The Hall–Kier alpha value is -3.63. The Bertz CT molecular complexity index is 2180. The summed E-state index contributed by atoms with van der Waals surface area (Å²) in [7, 11) is -4.06. The van der Waals surface area contributed by atoms with Gasteiger partial charge in [-0.2, -0.15) is 13.2 Å². The number of ketones is 1. The standard InChI is InChI=1S/C42H52Cl2F3N3O9S/c1-7-57-26-12-13-30-29(17-26)34(43)35(36(44)48-30)58-27-18-31-32(51)21-41(38(54)49-60(55,56)40(6)14-15-40)20-25(41)11-9-8-10-23(2)16-24(3)28(37(53)50(31)22-27)19-33(52)59-39(4,5)42(45,46)47/h9,11-13,17,23-25,27-28,31H,7-8,10,14-16,18-22H2,1-6H3,(H,49,54)/b11-9-/t23-,24-,25-,27-,28+,31+,41-/m1/s1. The van der Waals surface area contributed by atoms with Crippen molar-refractivity contribution >= 4 is 67.7 Å². The molecule has 0 unspecified atom stereocenters. The minimum atomic E-state index is -4.89. The third-order valence-corrected chi connectivity index (χ3v) is 15.4. The van der Waals surface area contributed by atoms with E-state index in [1.165, 1.54) is 4.90 Å². The fourth-order valence-electron chi connectivity index (χ4n) is 8.33. The van der Waals surface area contributed by atoms with Crippen molar-refractivity contribution < 1.29 is 55.0 Å². The summed E-state index contributed by atoms with van der Waals surface area (Å²) in [5.74, 6) is -5.00. The van der Waals surface area contributed by atoms with Gasteiger partial charge in [0.25, 0.3) is 0 Å². The highest BCUT2D eigenvalue weighted by molar-refractivity contribution is 7.91. The maximum absolute atomic E-state index is 14.9.